The van der Waals surface area contributed by atoms with E-state index < -0.39 is 0 Å². The highest BCUT2D eigenvalue weighted by Gasteiger charge is 2.17. The highest BCUT2D eigenvalue weighted by Crippen LogP contribution is 2.41. The highest BCUT2D eigenvalue weighted by molar-refractivity contribution is 6.07. The van der Waals surface area contributed by atoms with Crippen LogP contribution < -0.4 is 4.90 Å². The molecular formula is C46H29NO2. The molecular weight excluding hydrogens is 599 g/mol. The normalized spacial score (nSPS) is 11.7. The number of para-hydroxylation sites is 2. The van der Waals surface area contributed by atoms with Gasteiger partial charge in [0.1, 0.15) is 22.3 Å². The Morgan fingerprint density at radius 2 is 0.857 bits per heavy atom. The van der Waals surface area contributed by atoms with Crippen molar-refractivity contribution in [2.75, 3.05) is 4.90 Å². The molecule has 2 aromatic heterocycles. The maximum absolute atomic E-state index is 6.35. The van der Waals surface area contributed by atoms with Crippen molar-refractivity contribution in [3.8, 4) is 22.3 Å². The quantitative estimate of drug-likeness (QED) is 0.190. The molecule has 0 radical (unpaired) electrons. The second-order valence-corrected chi connectivity index (χ2v) is 12.5. The lowest BCUT2D eigenvalue weighted by Crippen LogP contribution is -2.10. The van der Waals surface area contributed by atoms with Gasteiger partial charge < -0.3 is 13.7 Å². The molecule has 0 aliphatic heterocycles. The summed E-state index contributed by atoms with van der Waals surface area (Å²) in [4.78, 5) is 2.31. The molecule has 8 aromatic carbocycles. The van der Waals surface area contributed by atoms with Gasteiger partial charge in [-0.2, -0.15) is 0 Å². The lowest BCUT2D eigenvalue weighted by Gasteiger charge is -2.26. The third kappa shape index (κ3) is 4.59. The number of benzene rings is 8. The van der Waals surface area contributed by atoms with E-state index in [1.54, 1.807) is 0 Å². The lowest BCUT2D eigenvalue weighted by molar-refractivity contribution is 0.668. The Balaban J connectivity index is 1.10. The molecule has 3 heteroatoms. The van der Waals surface area contributed by atoms with Crippen molar-refractivity contribution in [2.45, 2.75) is 0 Å². The molecule has 3 nitrogen and oxygen atoms in total. The van der Waals surface area contributed by atoms with E-state index in [-0.39, 0.29) is 0 Å². The van der Waals surface area contributed by atoms with Gasteiger partial charge in [0.25, 0.3) is 0 Å². The van der Waals surface area contributed by atoms with Crippen LogP contribution in [0.4, 0.5) is 17.1 Å². The number of nitrogens with zero attached hydrogens (tertiary/aromatic N) is 1. The minimum absolute atomic E-state index is 0.865. The van der Waals surface area contributed by atoms with Crippen molar-refractivity contribution in [3.63, 3.8) is 0 Å². The SMILES string of the molecule is c1cc(-c2cccc3ccccc23)cc(N(c2ccc(-c3ccc4c(c3)oc3ccccc34)cc2)c2ccc3c(c2)oc2ccccc23)c1. The zero-order chi connectivity index (χ0) is 32.3. The largest absolute Gasteiger partial charge is 0.456 e. The summed E-state index contributed by atoms with van der Waals surface area (Å²) < 4.78 is 12.6. The third-order valence-corrected chi connectivity index (χ3v) is 9.66. The number of fused-ring (bicyclic) bond motifs is 7. The topological polar surface area (TPSA) is 29.5 Å². The summed E-state index contributed by atoms with van der Waals surface area (Å²) >= 11 is 0. The Bertz CT molecular complexity index is 2830. The van der Waals surface area contributed by atoms with Crippen LogP contribution in [-0.2, 0) is 0 Å². The van der Waals surface area contributed by atoms with Crippen LogP contribution in [0.1, 0.15) is 0 Å². The summed E-state index contributed by atoms with van der Waals surface area (Å²) in [7, 11) is 0. The van der Waals surface area contributed by atoms with Gasteiger partial charge >= 0.3 is 0 Å². The summed E-state index contributed by atoms with van der Waals surface area (Å²) in [5, 5.41) is 6.98. The second-order valence-electron chi connectivity index (χ2n) is 12.5. The molecule has 0 saturated heterocycles. The fourth-order valence-electron chi connectivity index (χ4n) is 7.30. The molecule has 49 heavy (non-hydrogen) atoms. The standard InChI is InChI=1S/C46H29NO2/c1-2-13-37-31(9-1)10-8-16-38(37)33-11-7-12-35(27-33)47(36-24-26-42-40-15-4-6-18-44(40)49-46(42)29-36)34-22-19-30(20-23-34)32-21-25-41-39-14-3-5-17-43(39)48-45(41)28-32/h1-29H. The summed E-state index contributed by atoms with van der Waals surface area (Å²) in [6.07, 6.45) is 0. The predicted octanol–water partition coefficient (Wildman–Crippen LogP) is 13.4. The average molecular weight is 628 g/mol. The Labute approximate surface area is 282 Å². The second kappa shape index (κ2) is 11.0. The highest BCUT2D eigenvalue weighted by atomic mass is 16.3. The zero-order valence-electron chi connectivity index (χ0n) is 26.5. The summed E-state index contributed by atoms with van der Waals surface area (Å²) in [5.41, 5.74) is 11.3. The van der Waals surface area contributed by atoms with E-state index in [9.17, 15) is 0 Å². The molecule has 10 rings (SSSR count). The van der Waals surface area contributed by atoms with Gasteiger partial charge in [0, 0.05) is 44.7 Å². The molecule has 0 aliphatic rings. The van der Waals surface area contributed by atoms with E-state index in [0.29, 0.717) is 0 Å². The lowest BCUT2D eigenvalue weighted by atomic mass is 9.97. The van der Waals surface area contributed by atoms with Crippen LogP contribution in [0.25, 0.3) is 76.9 Å². The number of anilines is 3. The van der Waals surface area contributed by atoms with E-state index in [4.69, 9.17) is 8.83 Å². The molecule has 2 heterocycles. The van der Waals surface area contributed by atoms with Crippen LogP contribution in [0.5, 0.6) is 0 Å². The molecule has 0 N–H and O–H groups in total. The molecule has 0 spiro atoms. The number of rotatable bonds is 5. The van der Waals surface area contributed by atoms with Gasteiger partial charge in [0.05, 0.1) is 0 Å². The molecule has 0 aliphatic carbocycles. The Morgan fingerprint density at radius 1 is 0.306 bits per heavy atom. The van der Waals surface area contributed by atoms with Crippen molar-refractivity contribution in [1.82, 2.24) is 0 Å². The van der Waals surface area contributed by atoms with Crippen molar-refractivity contribution in [2.24, 2.45) is 0 Å². The average Bonchev–Trinajstić information content (AvgIpc) is 3.73. The Morgan fingerprint density at radius 3 is 1.63 bits per heavy atom. The van der Waals surface area contributed by atoms with Gasteiger partial charge in [-0.05, 0) is 93.7 Å². The van der Waals surface area contributed by atoms with E-state index in [2.05, 4.69) is 157 Å². The maximum atomic E-state index is 6.35. The van der Waals surface area contributed by atoms with Gasteiger partial charge in [0.15, 0.2) is 0 Å². The van der Waals surface area contributed by atoms with E-state index in [1.165, 1.54) is 21.9 Å². The first-order valence-corrected chi connectivity index (χ1v) is 16.6. The molecule has 0 unspecified atom stereocenters. The third-order valence-electron chi connectivity index (χ3n) is 9.66. The van der Waals surface area contributed by atoms with Gasteiger partial charge in [-0.15, -0.1) is 0 Å². The molecule has 10 aromatic rings. The van der Waals surface area contributed by atoms with Crippen molar-refractivity contribution in [3.05, 3.63) is 176 Å². The van der Waals surface area contributed by atoms with Gasteiger partial charge in [-0.25, -0.2) is 0 Å². The van der Waals surface area contributed by atoms with Crippen LogP contribution in [-0.4, -0.2) is 0 Å². The molecule has 0 bridgehead atoms. The fourth-order valence-corrected chi connectivity index (χ4v) is 7.30. The van der Waals surface area contributed by atoms with Crippen LogP contribution in [0.3, 0.4) is 0 Å². The number of hydrogen-bond acceptors (Lipinski definition) is 3. The minimum atomic E-state index is 0.865. The van der Waals surface area contributed by atoms with Crippen molar-refractivity contribution < 1.29 is 8.83 Å². The summed E-state index contributed by atoms with van der Waals surface area (Å²) in [5.74, 6) is 0. The summed E-state index contributed by atoms with van der Waals surface area (Å²) in [6, 6.07) is 62.1. The minimum Gasteiger partial charge on any atom is -0.456 e. The van der Waals surface area contributed by atoms with Crippen LogP contribution in [0.15, 0.2) is 185 Å². The van der Waals surface area contributed by atoms with Crippen LogP contribution in [0, 0.1) is 0 Å². The zero-order valence-corrected chi connectivity index (χ0v) is 26.5. The maximum Gasteiger partial charge on any atom is 0.137 e. The number of hydrogen-bond donors (Lipinski definition) is 0. The molecule has 230 valence electrons. The Kier molecular flexibility index (Phi) is 6.18. The first-order valence-electron chi connectivity index (χ1n) is 16.6. The van der Waals surface area contributed by atoms with Crippen LogP contribution in [0.2, 0.25) is 0 Å². The first kappa shape index (κ1) is 27.5. The van der Waals surface area contributed by atoms with E-state index in [1.807, 2.05) is 24.3 Å². The molecule has 0 fully saturated rings. The van der Waals surface area contributed by atoms with Crippen molar-refractivity contribution >= 4 is 71.7 Å². The monoisotopic (exact) mass is 627 g/mol. The fraction of sp³-hybridized carbons (Fsp3) is 0. The molecule has 0 saturated carbocycles. The number of furan rings is 2. The first-order chi connectivity index (χ1) is 24.3. The van der Waals surface area contributed by atoms with E-state index in [0.717, 1.165) is 72.1 Å². The van der Waals surface area contributed by atoms with Crippen molar-refractivity contribution in [1.29, 1.82) is 0 Å². The van der Waals surface area contributed by atoms with Gasteiger partial charge in [-0.3, -0.25) is 0 Å². The molecule has 0 amide bonds. The predicted molar refractivity (Wildman–Crippen MR) is 204 cm³/mol. The van der Waals surface area contributed by atoms with Gasteiger partial charge in [-0.1, -0.05) is 109 Å². The molecule has 0 atom stereocenters. The smallest absolute Gasteiger partial charge is 0.137 e. The van der Waals surface area contributed by atoms with Gasteiger partial charge in [0.2, 0.25) is 0 Å². The van der Waals surface area contributed by atoms with E-state index >= 15 is 0 Å². The van der Waals surface area contributed by atoms with Crippen LogP contribution >= 0.6 is 0 Å². The Hall–Kier alpha value is -6.58. The summed E-state index contributed by atoms with van der Waals surface area (Å²) in [6.45, 7) is 0.